The molecule has 0 N–H and O–H groups in total. The van der Waals surface area contributed by atoms with E-state index in [1.807, 2.05) is 23.1 Å². The van der Waals surface area contributed by atoms with Crippen LogP contribution in [0.2, 0.25) is 0 Å². The van der Waals surface area contributed by atoms with Crippen molar-refractivity contribution in [1.82, 2.24) is 19.9 Å². The van der Waals surface area contributed by atoms with E-state index in [1.54, 1.807) is 18.6 Å². The second-order valence-electron chi connectivity index (χ2n) is 6.84. The molecule has 7 heteroatoms. The van der Waals surface area contributed by atoms with Crippen molar-refractivity contribution < 1.29 is 14.3 Å². The number of likely N-dealkylation sites (tertiary alicyclic amines) is 1. The first-order valence-corrected chi connectivity index (χ1v) is 8.95. The van der Waals surface area contributed by atoms with Crippen molar-refractivity contribution >= 4 is 5.91 Å². The fraction of sp³-hybridized carbons (Fsp3) is 0.474. The van der Waals surface area contributed by atoms with E-state index in [9.17, 15) is 4.79 Å². The predicted octanol–water partition coefficient (Wildman–Crippen LogP) is 1.85. The maximum Gasteiger partial charge on any atom is 0.274 e. The largest absolute Gasteiger partial charge is 0.372 e. The van der Waals surface area contributed by atoms with E-state index in [4.69, 9.17) is 9.47 Å². The number of pyridine rings is 1. The van der Waals surface area contributed by atoms with E-state index >= 15 is 0 Å². The molecule has 136 valence electrons. The number of piperidine rings is 1. The second-order valence-corrected chi connectivity index (χ2v) is 6.84. The van der Waals surface area contributed by atoms with Crippen molar-refractivity contribution in [2.45, 2.75) is 37.6 Å². The summed E-state index contributed by atoms with van der Waals surface area (Å²) in [6.45, 7) is 2.44. The van der Waals surface area contributed by atoms with Gasteiger partial charge in [-0.3, -0.25) is 14.8 Å². The summed E-state index contributed by atoms with van der Waals surface area (Å²) >= 11 is 0. The fourth-order valence-corrected chi connectivity index (χ4v) is 3.63. The van der Waals surface area contributed by atoms with E-state index in [2.05, 4.69) is 15.0 Å². The molecule has 0 unspecified atom stereocenters. The van der Waals surface area contributed by atoms with Crippen LogP contribution in [0.4, 0.5) is 0 Å². The van der Waals surface area contributed by atoms with Gasteiger partial charge in [-0.2, -0.15) is 0 Å². The first-order chi connectivity index (χ1) is 12.7. The monoisotopic (exact) mass is 354 g/mol. The smallest absolute Gasteiger partial charge is 0.274 e. The molecule has 2 saturated heterocycles. The molecule has 7 nitrogen and oxygen atoms in total. The molecule has 0 bridgehead atoms. The summed E-state index contributed by atoms with van der Waals surface area (Å²) in [6, 6.07) is 5.82. The molecule has 1 amide bonds. The lowest BCUT2D eigenvalue weighted by atomic mass is 9.88. The van der Waals surface area contributed by atoms with Gasteiger partial charge in [0.1, 0.15) is 5.69 Å². The van der Waals surface area contributed by atoms with Gasteiger partial charge in [-0.15, -0.1) is 0 Å². The number of carbonyl (C=O) groups excluding carboxylic acids is 1. The molecule has 4 heterocycles. The Labute approximate surface area is 152 Å². The van der Waals surface area contributed by atoms with Crippen molar-refractivity contribution in [2.75, 3.05) is 19.7 Å². The van der Waals surface area contributed by atoms with Crippen LogP contribution in [0.5, 0.6) is 0 Å². The van der Waals surface area contributed by atoms with Crippen LogP contribution in [0.15, 0.2) is 43.0 Å². The number of carbonyl (C=O) groups is 1. The summed E-state index contributed by atoms with van der Waals surface area (Å²) in [5.74, 6) is -0.0612. The summed E-state index contributed by atoms with van der Waals surface area (Å²) in [5, 5.41) is 0. The van der Waals surface area contributed by atoms with Crippen LogP contribution in [-0.4, -0.2) is 57.2 Å². The predicted molar refractivity (Wildman–Crippen MR) is 93.3 cm³/mol. The highest BCUT2D eigenvalue weighted by Gasteiger charge is 2.44. The van der Waals surface area contributed by atoms with Crippen molar-refractivity contribution in [2.24, 2.45) is 0 Å². The average Bonchev–Trinajstić information content (AvgIpc) is 3.10. The highest BCUT2D eigenvalue weighted by molar-refractivity contribution is 5.92. The van der Waals surface area contributed by atoms with Crippen LogP contribution in [0.1, 0.15) is 35.4 Å². The van der Waals surface area contributed by atoms with Gasteiger partial charge < -0.3 is 14.4 Å². The van der Waals surface area contributed by atoms with Crippen molar-refractivity contribution in [3.63, 3.8) is 0 Å². The Hall–Kier alpha value is -2.38. The zero-order valence-electron chi connectivity index (χ0n) is 14.6. The topological polar surface area (TPSA) is 77.4 Å². The molecule has 0 radical (unpaired) electrons. The van der Waals surface area contributed by atoms with Crippen LogP contribution >= 0.6 is 0 Å². The summed E-state index contributed by atoms with van der Waals surface area (Å²) in [4.78, 5) is 26.7. The van der Waals surface area contributed by atoms with Crippen molar-refractivity contribution in [1.29, 1.82) is 0 Å². The molecule has 2 aliphatic rings. The van der Waals surface area contributed by atoms with Crippen LogP contribution in [0, 0.1) is 0 Å². The van der Waals surface area contributed by atoms with Gasteiger partial charge in [0.05, 0.1) is 36.8 Å². The zero-order chi connectivity index (χ0) is 17.8. The number of rotatable bonds is 4. The number of ether oxygens (including phenoxy) is 2. The third kappa shape index (κ3) is 3.73. The molecular weight excluding hydrogens is 332 g/mol. The van der Waals surface area contributed by atoms with Crippen LogP contribution in [0.25, 0.3) is 0 Å². The molecular formula is C19H22N4O3. The molecule has 4 rings (SSSR count). The Kier molecular flexibility index (Phi) is 4.90. The van der Waals surface area contributed by atoms with Gasteiger partial charge in [-0.25, -0.2) is 4.98 Å². The normalized spacial score (nSPS) is 21.8. The highest BCUT2D eigenvalue weighted by atomic mass is 16.6. The summed E-state index contributed by atoms with van der Waals surface area (Å²) in [5.41, 5.74) is 1.15. The first kappa shape index (κ1) is 17.1. The Bertz CT molecular complexity index is 733. The van der Waals surface area contributed by atoms with E-state index < -0.39 is 0 Å². The Balaban J connectivity index is 1.28. The molecule has 0 aromatic carbocycles. The van der Waals surface area contributed by atoms with Gasteiger partial charge in [0.25, 0.3) is 5.91 Å². The lowest BCUT2D eigenvalue weighted by Gasteiger charge is -2.38. The third-order valence-corrected chi connectivity index (χ3v) is 5.11. The molecule has 2 aromatic heterocycles. The van der Waals surface area contributed by atoms with Gasteiger partial charge in [0.15, 0.2) is 0 Å². The molecule has 0 aliphatic carbocycles. The van der Waals surface area contributed by atoms with Gasteiger partial charge in [0, 0.05) is 38.1 Å². The van der Waals surface area contributed by atoms with Crippen LogP contribution in [-0.2, 0) is 16.1 Å². The minimum absolute atomic E-state index is 0.0612. The minimum Gasteiger partial charge on any atom is -0.372 e. The summed E-state index contributed by atoms with van der Waals surface area (Å²) < 4.78 is 12.1. The standard InChI is InChI=1S/C19H22N4O3/c24-18(17-12-20-7-8-22-17)23-9-4-19(5-10-23)11-16(14-26-19)25-13-15-3-1-2-6-21-15/h1-3,6-8,12,16H,4-5,9-11,13-14H2/t16-/m1/s1. The molecule has 2 fully saturated rings. The number of hydrogen-bond acceptors (Lipinski definition) is 6. The van der Waals surface area contributed by atoms with E-state index in [-0.39, 0.29) is 17.6 Å². The van der Waals surface area contributed by atoms with E-state index in [0.29, 0.717) is 32.0 Å². The van der Waals surface area contributed by atoms with E-state index in [1.165, 1.54) is 6.20 Å². The van der Waals surface area contributed by atoms with Gasteiger partial charge >= 0.3 is 0 Å². The maximum absolute atomic E-state index is 12.5. The van der Waals surface area contributed by atoms with Crippen LogP contribution < -0.4 is 0 Å². The zero-order valence-corrected chi connectivity index (χ0v) is 14.6. The average molecular weight is 354 g/mol. The minimum atomic E-state index is -0.173. The number of hydrogen-bond donors (Lipinski definition) is 0. The third-order valence-electron chi connectivity index (χ3n) is 5.11. The maximum atomic E-state index is 12.5. The van der Waals surface area contributed by atoms with Gasteiger partial charge in [0.2, 0.25) is 0 Å². The number of nitrogens with zero attached hydrogens (tertiary/aromatic N) is 4. The first-order valence-electron chi connectivity index (χ1n) is 8.95. The quantitative estimate of drug-likeness (QED) is 0.834. The Morgan fingerprint density at radius 3 is 2.85 bits per heavy atom. The molecule has 2 aliphatic heterocycles. The summed E-state index contributed by atoms with van der Waals surface area (Å²) in [7, 11) is 0. The highest BCUT2D eigenvalue weighted by Crippen LogP contribution is 2.37. The van der Waals surface area contributed by atoms with Gasteiger partial charge in [-0.05, 0) is 25.0 Å². The van der Waals surface area contributed by atoms with Gasteiger partial charge in [-0.1, -0.05) is 6.07 Å². The molecule has 0 saturated carbocycles. The molecule has 26 heavy (non-hydrogen) atoms. The SMILES string of the molecule is O=C(c1cnccn1)N1CCC2(CC1)C[C@@H](OCc1ccccn1)CO2. The van der Waals surface area contributed by atoms with E-state index in [0.717, 1.165) is 25.0 Å². The second kappa shape index (κ2) is 7.47. The number of aromatic nitrogens is 3. The van der Waals surface area contributed by atoms with Crippen molar-refractivity contribution in [3.05, 3.63) is 54.4 Å². The van der Waals surface area contributed by atoms with Crippen molar-refractivity contribution in [3.8, 4) is 0 Å². The fourth-order valence-electron chi connectivity index (χ4n) is 3.63. The Morgan fingerprint density at radius 1 is 1.23 bits per heavy atom. The molecule has 2 aromatic rings. The molecule has 1 spiro atoms. The lowest BCUT2D eigenvalue weighted by Crippen LogP contribution is -2.46. The molecule has 1 atom stereocenters. The lowest BCUT2D eigenvalue weighted by molar-refractivity contribution is -0.0413. The number of amides is 1. The summed E-state index contributed by atoms with van der Waals surface area (Å²) in [6.07, 6.45) is 8.99. The Morgan fingerprint density at radius 2 is 2.12 bits per heavy atom. The van der Waals surface area contributed by atoms with Crippen LogP contribution in [0.3, 0.4) is 0 Å².